The van der Waals surface area contributed by atoms with Gasteiger partial charge in [-0.2, -0.15) is 0 Å². The summed E-state index contributed by atoms with van der Waals surface area (Å²) in [6.07, 6.45) is 4.15. The second-order valence-corrected chi connectivity index (χ2v) is 8.04. The van der Waals surface area contributed by atoms with E-state index in [9.17, 15) is 14.0 Å². The summed E-state index contributed by atoms with van der Waals surface area (Å²) in [6.45, 7) is 3.63. The largest absolute Gasteiger partial charge is 0.451 e. The summed E-state index contributed by atoms with van der Waals surface area (Å²) in [5, 5.41) is 3.54. The number of halogens is 1. The Morgan fingerprint density at radius 1 is 1.22 bits per heavy atom. The summed E-state index contributed by atoms with van der Waals surface area (Å²) in [7, 11) is 0. The number of thiazole rings is 1. The maximum absolute atomic E-state index is 13.0. The summed E-state index contributed by atoms with van der Waals surface area (Å²) in [4.78, 5) is 29.1. The Morgan fingerprint density at radius 3 is 2.56 bits per heavy atom. The van der Waals surface area contributed by atoms with Crippen LogP contribution in [0.2, 0.25) is 0 Å². The number of rotatable bonds is 5. The molecule has 7 heteroatoms. The highest BCUT2D eigenvalue weighted by molar-refractivity contribution is 7.17. The van der Waals surface area contributed by atoms with Crippen molar-refractivity contribution in [1.29, 1.82) is 0 Å². The SMILES string of the molecule is Cc1nc(-c2ccc(F)cc2)sc1C(=O)OCC(=O)NC1CCC(C)CC1. The van der Waals surface area contributed by atoms with Gasteiger partial charge >= 0.3 is 5.97 Å². The number of carbonyl (C=O) groups is 2. The van der Waals surface area contributed by atoms with Crippen molar-refractivity contribution in [2.45, 2.75) is 45.6 Å². The van der Waals surface area contributed by atoms with Crippen molar-refractivity contribution >= 4 is 23.2 Å². The molecule has 0 saturated heterocycles. The van der Waals surface area contributed by atoms with E-state index >= 15 is 0 Å². The quantitative estimate of drug-likeness (QED) is 0.780. The van der Waals surface area contributed by atoms with Crippen molar-refractivity contribution in [1.82, 2.24) is 10.3 Å². The number of hydrogen-bond donors (Lipinski definition) is 1. The van der Waals surface area contributed by atoms with E-state index in [0.717, 1.165) is 31.2 Å². The van der Waals surface area contributed by atoms with Gasteiger partial charge in [-0.15, -0.1) is 11.3 Å². The predicted molar refractivity (Wildman–Crippen MR) is 102 cm³/mol. The first-order valence-electron chi connectivity index (χ1n) is 9.12. The number of nitrogens with zero attached hydrogens (tertiary/aromatic N) is 1. The fourth-order valence-electron chi connectivity index (χ4n) is 3.17. The van der Waals surface area contributed by atoms with Crippen LogP contribution in [0.5, 0.6) is 0 Å². The van der Waals surface area contributed by atoms with E-state index < -0.39 is 5.97 Å². The molecule has 0 aliphatic heterocycles. The maximum Gasteiger partial charge on any atom is 0.350 e. The fourth-order valence-corrected chi connectivity index (χ4v) is 4.14. The molecule has 1 amide bonds. The molecule has 144 valence electrons. The molecule has 0 unspecified atom stereocenters. The van der Waals surface area contributed by atoms with Gasteiger partial charge in [0.25, 0.3) is 5.91 Å². The molecule has 1 aliphatic carbocycles. The molecule has 0 radical (unpaired) electrons. The molecular weight excluding hydrogens is 367 g/mol. The molecule has 1 aromatic carbocycles. The maximum atomic E-state index is 13.0. The van der Waals surface area contributed by atoms with E-state index in [2.05, 4.69) is 17.2 Å². The molecule has 27 heavy (non-hydrogen) atoms. The number of carbonyl (C=O) groups excluding carboxylic acids is 2. The molecular formula is C20H23FN2O3S. The molecule has 3 rings (SSSR count). The zero-order chi connectivity index (χ0) is 19.4. The van der Waals surface area contributed by atoms with Gasteiger partial charge in [-0.05, 0) is 62.8 Å². The smallest absolute Gasteiger partial charge is 0.350 e. The average Bonchev–Trinajstić information content (AvgIpc) is 3.04. The molecule has 1 fully saturated rings. The molecule has 0 spiro atoms. The third kappa shape index (κ3) is 5.13. The van der Waals surface area contributed by atoms with Crippen LogP contribution in [-0.2, 0) is 9.53 Å². The summed E-state index contributed by atoms with van der Waals surface area (Å²) in [5.74, 6) is -0.458. The third-order valence-electron chi connectivity index (χ3n) is 4.79. The van der Waals surface area contributed by atoms with Gasteiger partial charge in [-0.1, -0.05) is 6.92 Å². The van der Waals surface area contributed by atoms with Crippen LogP contribution in [0.4, 0.5) is 4.39 Å². The van der Waals surface area contributed by atoms with Crippen molar-refractivity contribution < 1.29 is 18.7 Å². The first kappa shape index (κ1) is 19.5. The summed E-state index contributed by atoms with van der Waals surface area (Å²) < 4.78 is 18.2. The number of ether oxygens (including phenoxy) is 1. The van der Waals surface area contributed by atoms with Crippen molar-refractivity contribution in [2.24, 2.45) is 5.92 Å². The third-order valence-corrected chi connectivity index (χ3v) is 5.98. The molecule has 1 saturated carbocycles. The molecule has 1 aromatic heterocycles. The lowest BCUT2D eigenvalue weighted by molar-refractivity contribution is -0.125. The van der Waals surface area contributed by atoms with Crippen LogP contribution >= 0.6 is 11.3 Å². The minimum absolute atomic E-state index is 0.169. The minimum atomic E-state index is -0.564. The van der Waals surface area contributed by atoms with Crippen LogP contribution in [0.1, 0.15) is 48.0 Å². The van der Waals surface area contributed by atoms with Gasteiger partial charge in [-0.25, -0.2) is 14.2 Å². The van der Waals surface area contributed by atoms with Crippen molar-refractivity contribution in [3.05, 3.63) is 40.7 Å². The lowest BCUT2D eigenvalue weighted by Crippen LogP contribution is -2.39. The Labute approximate surface area is 162 Å². The number of esters is 1. The van der Waals surface area contributed by atoms with E-state index in [1.807, 2.05) is 0 Å². The van der Waals surface area contributed by atoms with Crippen molar-refractivity contribution in [2.75, 3.05) is 6.61 Å². The van der Waals surface area contributed by atoms with E-state index in [-0.39, 0.29) is 24.4 Å². The standard InChI is InChI=1S/C20H23FN2O3S/c1-12-3-9-16(10-4-12)23-17(24)11-26-20(25)18-13(2)22-19(27-18)14-5-7-15(21)8-6-14/h5-8,12,16H,3-4,9-11H2,1-2H3,(H,23,24). The highest BCUT2D eigenvalue weighted by Gasteiger charge is 2.22. The van der Waals surface area contributed by atoms with Crippen LogP contribution < -0.4 is 5.32 Å². The van der Waals surface area contributed by atoms with Gasteiger partial charge < -0.3 is 10.1 Å². The zero-order valence-corrected chi connectivity index (χ0v) is 16.3. The lowest BCUT2D eigenvalue weighted by Gasteiger charge is -2.26. The van der Waals surface area contributed by atoms with Gasteiger partial charge in [0.1, 0.15) is 15.7 Å². The van der Waals surface area contributed by atoms with E-state index in [0.29, 0.717) is 21.5 Å². The van der Waals surface area contributed by atoms with Gasteiger partial charge in [0.2, 0.25) is 0 Å². The van der Waals surface area contributed by atoms with E-state index in [4.69, 9.17) is 4.74 Å². The molecule has 1 N–H and O–H groups in total. The number of hydrogen-bond acceptors (Lipinski definition) is 5. The van der Waals surface area contributed by atoms with Crippen LogP contribution in [0, 0.1) is 18.7 Å². The highest BCUT2D eigenvalue weighted by Crippen LogP contribution is 2.28. The summed E-state index contributed by atoms with van der Waals surface area (Å²) in [5.41, 5.74) is 1.26. The number of nitrogens with one attached hydrogen (secondary N) is 1. The average molecular weight is 390 g/mol. The molecule has 0 atom stereocenters. The first-order valence-corrected chi connectivity index (χ1v) is 9.94. The topological polar surface area (TPSA) is 68.3 Å². The second-order valence-electron chi connectivity index (χ2n) is 7.04. The number of aromatic nitrogens is 1. The Balaban J connectivity index is 1.55. The predicted octanol–water partition coefficient (Wildman–Crippen LogP) is 4.11. The van der Waals surface area contributed by atoms with Crippen LogP contribution in [-0.4, -0.2) is 29.5 Å². The zero-order valence-electron chi connectivity index (χ0n) is 15.5. The van der Waals surface area contributed by atoms with Crippen molar-refractivity contribution in [3.63, 3.8) is 0 Å². The monoisotopic (exact) mass is 390 g/mol. The normalized spacial score (nSPS) is 19.5. The Kier molecular flexibility index (Phi) is 6.21. The van der Waals surface area contributed by atoms with Gasteiger partial charge in [0.15, 0.2) is 6.61 Å². The minimum Gasteiger partial charge on any atom is -0.451 e. The number of benzene rings is 1. The Morgan fingerprint density at radius 2 is 1.89 bits per heavy atom. The Bertz CT molecular complexity index is 811. The highest BCUT2D eigenvalue weighted by atomic mass is 32.1. The summed E-state index contributed by atoms with van der Waals surface area (Å²) >= 11 is 1.17. The van der Waals surface area contributed by atoms with Gasteiger partial charge in [0.05, 0.1) is 5.69 Å². The number of aryl methyl sites for hydroxylation is 1. The second kappa shape index (κ2) is 8.61. The lowest BCUT2D eigenvalue weighted by atomic mass is 9.87. The molecule has 5 nitrogen and oxygen atoms in total. The van der Waals surface area contributed by atoms with Crippen LogP contribution in [0.25, 0.3) is 10.6 Å². The fraction of sp³-hybridized carbons (Fsp3) is 0.450. The molecule has 2 aromatic rings. The van der Waals surface area contributed by atoms with Gasteiger partial charge in [0, 0.05) is 11.6 Å². The Hall–Kier alpha value is -2.28. The van der Waals surface area contributed by atoms with E-state index in [1.54, 1.807) is 19.1 Å². The molecule has 0 bridgehead atoms. The van der Waals surface area contributed by atoms with Crippen molar-refractivity contribution in [3.8, 4) is 10.6 Å². The first-order chi connectivity index (χ1) is 12.9. The summed E-state index contributed by atoms with van der Waals surface area (Å²) in [6, 6.07) is 6.09. The van der Waals surface area contributed by atoms with Crippen LogP contribution in [0.15, 0.2) is 24.3 Å². The van der Waals surface area contributed by atoms with Crippen LogP contribution in [0.3, 0.4) is 0 Å². The molecule has 1 heterocycles. The van der Waals surface area contributed by atoms with E-state index in [1.165, 1.54) is 23.5 Å². The molecule has 1 aliphatic rings. The van der Waals surface area contributed by atoms with Gasteiger partial charge in [-0.3, -0.25) is 4.79 Å². The number of amides is 1.